The van der Waals surface area contributed by atoms with E-state index in [0.29, 0.717) is 12.0 Å². The van der Waals surface area contributed by atoms with Crippen molar-refractivity contribution in [1.82, 2.24) is 4.98 Å². The Balaban J connectivity index is 2.33. The number of hydrogen-bond donors (Lipinski definition) is 1. The van der Waals surface area contributed by atoms with E-state index in [0.717, 1.165) is 10.9 Å². The van der Waals surface area contributed by atoms with Gasteiger partial charge in [-0.15, -0.1) is 0 Å². The predicted molar refractivity (Wildman–Crippen MR) is 69.0 cm³/mol. The molecule has 2 aromatic rings. The molecule has 0 saturated heterocycles. The predicted octanol–water partition coefficient (Wildman–Crippen LogP) is 2.54. The zero-order valence-corrected chi connectivity index (χ0v) is 10.1. The Morgan fingerprint density at radius 1 is 1.35 bits per heavy atom. The molecule has 0 saturated carbocycles. The van der Waals surface area contributed by atoms with Gasteiger partial charge in [-0.2, -0.15) is 0 Å². The average molecular weight is 228 g/mol. The molecule has 0 aliphatic heterocycles. The maximum absolute atomic E-state index is 12.0. The van der Waals surface area contributed by atoms with Crippen LogP contribution >= 0.6 is 0 Å². The first-order valence-electron chi connectivity index (χ1n) is 5.63. The van der Waals surface area contributed by atoms with Crippen LogP contribution < -0.4 is 5.73 Å². The third-order valence-corrected chi connectivity index (χ3v) is 2.54. The molecule has 3 heteroatoms. The first kappa shape index (κ1) is 11.7. The van der Waals surface area contributed by atoms with Crippen LogP contribution in [0.2, 0.25) is 0 Å². The molecule has 2 rings (SSSR count). The second-order valence-electron chi connectivity index (χ2n) is 5.00. The topological polar surface area (TPSA) is 56.0 Å². The van der Waals surface area contributed by atoms with Gasteiger partial charge in [-0.05, 0) is 38.1 Å². The van der Waals surface area contributed by atoms with Gasteiger partial charge in [0.2, 0.25) is 0 Å². The molecule has 0 radical (unpaired) electrons. The summed E-state index contributed by atoms with van der Waals surface area (Å²) in [5, 5.41) is 0.980. The SMILES string of the molecule is CC(C)(N)CC(=O)c1ccc2ncccc2c1. The van der Waals surface area contributed by atoms with Gasteiger partial charge in [0.05, 0.1) is 5.52 Å². The number of fused-ring (bicyclic) bond motifs is 1. The summed E-state index contributed by atoms with van der Waals surface area (Å²) in [5.41, 5.74) is 6.98. The van der Waals surface area contributed by atoms with Crippen LogP contribution in [0.5, 0.6) is 0 Å². The molecule has 0 aliphatic carbocycles. The zero-order chi connectivity index (χ0) is 12.5. The Bertz CT molecular complexity index is 555. The van der Waals surface area contributed by atoms with Gasteiger partial charge < -0.3 is 5.73 Å². The minimum atomic E-state index is -0.471. The van der Waals surface area contributed by atoms with Crippen molar-refractivity contribution in [2.45, 2.75) is 25.8 Å². The summed E-state index contributed by atoms with van der Waals surface area (Å²) in [6.07, 6.45) is 2.09. The summed E-state index contributed by atoms with van der Waals surface area (Å²) in [7, 11) is 0. The monoisotopic (exact) mass is 228 g/mol. The van der Waals surface area contributed by atoms with Crippen molar-refractivity contribution in [1.29, 1.82) is 0 Å². The lowest BCUT2D eigenvalue weighted by molar-refractivity contribution is 0.0960. The van der Waals surface area contributed by atoms with E-state index in [1.165, 1.54) is 0 Å². The molecule has 0 amide bonds. The van der Waals surface area contributed by atoms with Gasteiger partial charge in [0.1, 0.15) is 0 Å². The number of carbonyl (C=O) groups excluding carboxylic acids is 1. The molecular weight excluding hydrogens is 212 g/mol. The maximum Gasteiger partial charge on any atom is 0.164 e. The number of ketones is 1. The highest BCUT2D eigenvalue weighted by Gasteiger charge is 2.17. The second kappa shape index (κ2) is 4.26. The molecule has 88 valence electrons. The molecule has 0 fully saturated rings. The van der Waals surface area contributed by atoms with Crippen molar-refractivity contribution >= 4 is 16.7 Å². The van der Waals surface area contributed by atoms with Crippen LogP contribution in [-0.4, -0.2) is 16.3 Å². The number of rotatable bonds is 3. The second-order valence-corrected chi connectivity index (χ2v) is 5.00. The van der Waals surface area contributed by atoms with E-state index in [4.69, 9.17) is 5.73 Å². The number of nitrogens with two attached hydrogens (primary N) is 1. The van der Waals surface area contributed by atoms with Crippen LogP contribution in [0.1, 0.15) is 30.6 Å². The summed E-state index contributed by atoms with van der Waals surface area (Å²) in [5.74, 6) is 0.0725. The minimum Gasteiger partial charge on any atom is -0.325 e. The molecule has 17 heavy (non-hydrogen) atoms. The van der Waals surface area contributed by atoms with Gasteiger partial charge in [0.15, 0.2) is 5.78 Å². The summed E-state index contributed by atoms with van der Waals surface area (Å²) >= 11 is 0. The van der Waals surface area contributed by atoms with Crippen molar-refractivity contribution in [3.63, 3.8) is 0 Å². The fraction of sp³-hybridized carbons (Fsp3) is 0.286. The summed E-state index contributed by atoms with van der Waals surface area (Å²) in [4.78, 5) is 16.2. The van der Waals surface area contributed by atoms with Crippen LogP contribution in [0.25, 0.3) is 10.9 Å². The number of aromatic nitrogens is 1. The highest BCUT2D eigenvalue weighted by atomic mass is 16.1. The van der Waals surface area contributed by atoms with Gasteiger partial charge in [-0.1, -0.05) is 6.07 Å². The third-order valence-electron chi connectivity index (χ3n) is 2.54. The van der Waals surface area contributed by atoms with E-state index in [-0.39, 0.29) is 5.78 Å². The molecule has 1 aromatic carbocycles. The molecule has 1 heterocycles. The molecule has 0 spiro atoms. The Hall–Kier alpha value is -1.74. The number of nitrogens with zero attached hydrogens (tertiary/aromatic N) is 1. The molecular formula is C14H16N2O. The first-order valence-corrected chi connectivity index (χ1v) is 5.63. The third kappa shape index (κ3) is 2.88. The first-order chi connectivity index (χ1) is 7.96. The van der Waals surface area contributed by atoms with Crippen molar-refractivity contribution in [2.75, 3.05) is 0 Å². The molecule has 0 atom stereocenters. The van der Waals surface area contributed by atoms with Crippen molar-refractivity contribution in [3.8, 4) is 0 Å². The Kier molecular flexibility index (Phi) is 2.94. The standard InChI is InChI=1S/C14H16N2O/c1-14(2,15)9-13(17)11-5-6-12-10(8-11)4-3-7-16-12/h3-8H,9,15H2,1-2H3. The smallest absolute Gasteiger partial charge is 0.164 e. The minimum absolute atomic E-state index is 0.0725. The summed E-state index contributed by atoms with van der Waals surface area (Å²) < 4.78 is 0. The van der Waals surface area contributed by atoms with Gasteiger partial charge in [-0.25, -0.2) is 0 Å². The lowest BCUT2D eigenvalue weighted by Gasteiger charge is -2.17. The normalized spacial score (nSPS) is 11.7. The lowest BCUT2D eigenvalue weighted by atomic mass is 9.95. The molecule has 2 N–H and O–H groups in total. The number of benzene rings is 1. The van der Waals surface area contributed by atoms with Crippen LogP contribution in [0.4, 0.5) is 0 Å². The highest BCUT2D eigenvalue weighted by Crippen LogP contribution is 2.16. The fourth-order valence-electron chi connectivity index (χ4n) is 1.76. The van der Waals surface area contributed by atoms with Gasteiger partial charge in [0.25, 0.3) is 0 Å². The summed E-state index contributed by atoms with van der Waals surface area (Å²) in [6, 6.07) is 9.36. The number of carbonyl (C=O) groups is 1. The van der Waals surface area contributed by atoms with Crippen molar-refractivity contribution in [2.24, 2.45) is 5.73 Å². The Labute approximate surface area is 101 Å². The van der Waals surface area contributed by atoms with Crippen LogP contribution in [0.3, 0.4) is 0 Å². The van der Waals surface area contributed by atoms with E-state index in [1.54, 1.807) is 6.20 Å². The molecule has 1 aromatic heterocycles. The van der Waals surface area contributed by atoms with Crippen molar-refractivity contribution < 1.29 is 4.79 Å². The van der Waals surface area contributed by atoms with Gasteiger partial charge in [-0.3, -0.25) is 9.78 Å². The largest absolute Gasteiger partial charge is 0.325 e. The zero-order valence-electron chi connectivity index (χ0n) is 10.1. The lowest BCUT2D eigenvalue weighted by Crippen LogP contribution is -2.34. The van der Waals surface area contributed by atoms with E-state index in [1.807, 2.05) is 44.2 Å². The van der Waals surface area contributed by atoms with Crippen molar-refractivity contribution in [3.05, 3.63) is 42.1 Å². The molecule has 0 aliphatic rings. The van der Waals surface area contributed by atoms with Gasteiger partial charge in [0, 0.05) is 29.1 Å². The van der Waals surface area contributed by atoms with E-state index >= 15 is 0 Å². The molecule has 0 unspecified atom stereocenters. The van der Waals surface area contributed by atoms with E-state index in [9.17, 15) is 4.79 Å². The van der Waals surface area contributed by atoms with E-state index < -0.39 is 5.54 Å². The fourth-order valence-corrected chi connectivity index (χ4v) is 1.76. The average Bonchev–Trinajstić information content (AvgIpc) is 2.26. The highest BCUT2D eigenvalue weighted by molar-refractivity contribution is 5.99. The summed E-state index contributed by atoms with van der Waals surface area (Å²) in [6.45, 7) is 3.71. The molecule has 3 nitrogen and oxygen atoms in total. The Morgan fingerprint density at radius 2 is 2.12 bits per heavy atom. The van der Waals surface area contributed by atoms with Crippen LogP contribution in [0.15, 0.2) is 36.5 Å². The van der Waals surface area contributed by atoms with Crippen LogP contribution in [0, 0.1) is 0 Å². The quantitative estimate of drug-likeness (QED) is 0.821. The molecule has 0 bridgehead atoms. The Morgan fingerprint density at radius 3 is 2.82 bits per heavy atom. The van der Waals surface area contributed by atoms with E-state index in [2.05, 4.69) is 4.98 Å². The maximum atomic E-state index is 12.0. The number of hydrogen-bond acceptors (Lipinski definition) is 3. The van der Waals surface area contributed by atoms with Crippen LogP contribution in [-0.2, 0) is 0 Å². The number of pyridine rings is 1. The van der Waals surface area contributed by atoms with Gasteiger partial charge >= 0.3 is 0 Å². The number of Topliss-reactive ketones (excluding diaryl/α,β-unsaturated/α-hetero) is 1.